The van der Waals surface area contributed by atoms with Crippen LogP contribution in [-0.4, -0.2) is 66.6 Å². The summed E-state index contributed by atoms with van der Waals surface area (Å²) >= 11 is 13.9. The van der Waals surface area contributed by atoms with Gasteiger partial charge in [-0.05, 0) is 78.9 Å². The highest BCUT2D eigenvalue weighted by Gasteiger charge is 2.38. The second-order valence-electron chi connectivity index (χ2n) is 12.2. The summed E-state index contributed by atoms with van der Waals surface area (Å²) in [6.45, 7) is 10.4. The molecule has 218 valence electrons. The first-order valence-corrected chi connectivity index (χ1v) is 16.6. The first-order chi connectivity index (χ1) is 19.8. The number of quaternary nitrogens is 1. The van der Waals surface area contributed by atoms with Crippen molar-refractivity contribution in [3.05, 3.63) is 74.4 Å². The van der Waals surface area contributed by atoms with E-state index in [0.29, 0.717) is 34.1 Å². The second-order valence-corrected chi connectivity index (χ2v) is 14.0. The van der Waals surface area contributed by atoms with Gasteiger partial charge in [-0.3, -0.25) is 9.69 Å². The van der Waals surface area contributed by atoms with Crippen LogP contribution in [0.4, 0.5) is 0 Å². The van der Waals surface area contributed by atoms with Crippen molar-refractivity contribution in [3.63, 3.8) is 0 Å². The normalized spacial score (nSPS) is 24.0. The van der Waals surface area contributed by atoms with Crippen molar-refractivity contribution in [2.75, 3.05) is 32.8 Å². The first kappa shape index (κ1) is 29.0. The largest absolute Gasteiger partial charge is 0.492 e. The zero-order valence-electron chi connectivity index (χ0n) is 24.0. The van der Waals surface area contributed by atoms with Crippen LogP contribution in [0.25, 0.3) is 11.1 Å². The van der Waals surface area contributed by atoms with Crippen molar-refractivity contribution in [2.24, 2.45) is 5.92 Å². The fourth-order valence-corrected chi connectivity index (χ4v) is 7.91. The Kier molecular flexibility index (Phi) is 8.94. The molecule has 3 fully saturated rings. The average Bonchev–Trinajstić information content (AvgIpc) is 3.68. The summed E-state index contributed by atoms with van der Waals surface area (Å²) in [4.78, 5) is 20.5. The van der Waals surface area contributed by atoms with E-state index in [9.17, 15) is 4.79 Å². The van der Waals surface area contributed by atoms with Crippen LogP contribution in [0.1, 0.15) is 54.8 Å². The van der Waals surface area contributed by atoms with Crippen molar-refractivity contribution >= 4 is 40.4 Å². The van der Waals surface area contributed by atoms with Gasteiger partial charge in [0, 0.05) is 42.5 Å². The van der Waals surface area contributed by atoms with Crippen LogP contribution < -0.4 is 9.64 Å². The van der Waals surface area contributed by atoms with Crippen molar-refractivity contribution in [2.45, 2.75) is 64.2 Å². The molecule has 3 aromatic rings. The van der Waals surface area contributed by atoms with E-state index in [0.717, 1.165) is 73.9 Å². The van der Waals surface area contributed by atoms with E-state index in [2.05, 4.69) is 47.9 Å². The Morgan fingerprint density at radius 3 is 2.22 bits per heavy atom. The van der Waals surface area contributed by atoms with E-state index < -0.39 is 0 Å². The van der Waals surface area contributed by atoms with E-state index in [1.807, 2.05) is 23.6 Å². The highest BCUT2D eigenvalue weighted by atomic mass is 35.5. The fraction of sp³-hybridized carbons (Fsp3) is 0.485. The molecule has 0 unspecified atom stereocenters. The first-order valence-electron chi connectivity index (χ1n) is 15.0. The molecule has 2 aromatic carbocycles. The monoisotopic (exact) mass is 612 g/mol. The van der Waals surface area contributed by atoms with Gasteiger partial charge >= 0.3 is 0 Å². The molecule has 0 bridgehead atoms. The number of piperazine rings is 1. The van der Waals surface area contributed by atoms with E-state index in [1.165, 1.54) is 29.7 Å². The Hall–Kier alpha value is -2.09. The van der Waals surface area contributed by atoms with Gasteiger partial charge in [-0.2, -0.15) is 0 Å². The molecule has 2 atom stereocenters. The number of hydrogen-bond acceptors (Lipinski definition) is 4. The smallest absolute Gasteiger partial charge is 0.267 e. The van der Waals surface area contributed by atoms with Crippen LogP contribution in [0.15, 0.2) is 53.9 Å². The minimum absolute atomic E-state index is 0.148. The number of carbonyl (C=O) groups excluding carboxylic acids is 1. The molecule has 3 heterocycles. The van der Waals surface area contributed by atoms with Gasteiger partial charge in [-0.15, -0.1) is 11.3 Å². The second kappa shape index (κ2) is 12.6. The molecule has 1 saturated carbocycles. The molecule has 41 heavy (non-hydrogen) atoms. The van der Waals surface area contributed by atoms with Crippen LogP contribution in [0.3, 0.4) is 0 Å². The Morgan fingerprint density at radius 2 is 1.59 bits per heavy atom. The van der Waals surface area contributed by atoms with Crippen molar-refractivity contribution in [1.82, 2.24) is 9.80 Å². The molecule has 5 nitrogen and oxygen atoms in total. The Labute approximate surface area is 258 Å². The number of benzene rings is 2. The number of piperidine rings is 1. The third-order valence-electron chi connectivity index (χ3n) is 9.12. The quantitative estimate of drug-likeness (QED) is 0.325. The molecule has 1 aliphatic carbocycles. The highest BCUT2D eigenvalue weighted by Crippen LogP contribution is 2.33. The van der Waals surface area contributed by atoms with Crippen molar-refractivity contribution < 1.29 is 14.4 Å². The van der Waals surface area contributed by atoms with Crippen molar-refractivity contribution in [3.8, 4) is 16.9 Å². The summed E-state index contributed by atoms with van der Waals surface area (Å²) < 4.78 is 5.98. The SMILES string of the molecule is C[C@@H]1C[NH+](C2CCN(C(=O)c3sccc3OCC3CC3)CC2)C[C@@H](C)N1Cc1ccc(-c2cc(Cl)cc(Cl)c2)cc1. The Morgan fingerprint density at radius 1 is 0.927 bits per heavy atom. The van der Waals surface area contributed by atoms with Crippen LogP contribution in [-0.2, 0) is 6.54 Å². The highest BCUT2D eigenvalue weighted by molar-refractivity contribution is 7.12. The molecule has 1 aromatic heterocycles. The van der Waals surface area contributed by atoms with Crippen LogP contribution >= 0.6 is 34.5 Å². The molecule has 1 N–H and O–H groups in total. The number of halogens is 2. The van der Waals surface area contributed by atoms with Gasteiger partial charge in [0.1, 0.15) is 10.6 Å². The van der Waals surface area contributed by atoms with Crippen LogP contribution in [0, 0.1) is 5.92 Å². The predicted molar refractivity (Wildman–Crippen MR) is 169 cm³/mol. The summed E-state index contributed by atoms with van der Waals surface area (Å²) in [5, 5.41) is 3.29. The third-order valence-corrected chi connectivity index (χ3v) is 10.4. The minimum Gasteiger partial charge on any atom is -0.492 e. The summed E-state index contributed by atoms with van der Waals surface area (Å²) in [5.41, 5.74) is 3.49. The number of amides is 1. The summed E-state index contributed by atoms with van der Waals surface area (Å²) in [6, 6.07) is 18.0. The lowest BCUT2D eigenvalue weighted by molar-refractivity contribution is -0.936. The zero-order chi connectivity index (χ0) is 28.5. The van der Waals surface area contributed by atoms with Gasteiger partial charge in [0.15, 0.2) is 0 Å². The van der Waals surface area contributed by atoms with E-state index >= 15 is 0 Å². The van der Waals surface area contributed by atoms with Gasteiger partial charge in [0.25, 0.3) is 5.91 Å². The minimum atomic E-state index is 0.148. The molecule has 2 aliphatic heterocycles. The molecule has 2 saturated heterocycles. The van der Waals surface area contributed by atoms with Gasteiger partial charge < -0.3 is 14.5 Å². The number of nitrogens with zero attached hydrogens (tertiary/aromatic N) is 2. The van der Waals surface area contributed by atoms with Crippen molar-refractivity contribution in [1.29, 1.82) is 0 Å². The number of nitrogens with one attached hydrogen (secondary N) is 1. The number of likely N-dealkylation sites (tertiary alicyclic amines) is 1. The number of hydrogen-bond donors (Lipinski definition) is 1. The van der Waals surface area contributed by atoms with Gasteiger partial charge in [0.2, 0.25) is 0 Å². The van der Waals surface area contributed by atoms with E-state index in [-0.39, 0.29) is 5.91 Å². The molecular weight excluding hydrogens is 573 g/mol. The Bertz CT molecular complexity index is 1320. The topological polar surface area (TPSA) is 37.2 Å². The van der Waals surface area contributed by atoms with E-state index in [1.54, 1.807) is 11.0 Å². The standard InChI is InChI=1S/C33H39Cl2N3O2S/c1-22-18-37(30-9-12-36(13-10-30)33(39)32-31(11-14-41-32)40-21-25-3-4-25)19-23(2)38(22)20-24-5-7-26(8-6-24)27-15-28(34)17-29(35)16-27/h5-8,11,14-17,22-23,25,30H,3-4,9-10,12-13,18-21H2,1-2H3/p+1/t22-,23-/m1/s1. The molecule has 0 radical (unpaired) electrons. The predicted octanol–water partition coefficient (Wildman–Crippen LogP) is 6.29. The lowest BCUT2D eigenvalue weighted by Crippen LogP contribution is -3.20. The fourth-order valence-electron chi connectivity index (χ4n) is 6.58. The van der Waals surface area contributed by atoms with Gasteiger partial charge in [-0.1, -0.05) is 47.5 Å². The summed E-state index contributed by atoms with van der Waals surface area (Å²) in [5.74, 6) is 1.61. The maximum Gasteiger partial charge on any atom is 0.267 e. The van der Waals surface area contributed by atoms with E-state index in [4.69, 9.17) is 27.9 Å². The molecule has 3 aliphatic rings. The average molecular weight is 614 g/mol. The lowest BCUT2D eigenvalue weighted by Gasteiger charge is -2.46. The zero-order valence-corrected chi connectivity index (χ0v) is 26.3. The number of ether oxygens (including phenoxy) is 1. The van der Waals surface area contributed by atoms with Gasteiger partial charge in [0.05, 0.1) is 37.8 Å². The molecular formula is C33H40Cl2N3O2S+. The van der Waals surface area contributed by atoms with Crippen LogP contribution in [0.2, 0.25) is 10.0 Å². The molecule has 1 amide bonds. The number of thiophene rings is 1. The summed E-state index contributed by atoms with van der Waals surface area (Å²) in [6.07, 6.45) is 4.64. The van der Waals surface area contributed by atoms with Crippen LogP contribution in [0.5, 0.6) is 5.75 Å². The van der Waals surface area contributed by atoms with Gasteiger partial charge in [-0.25, -0.2) is 0 Å². The lowest BCUT2D eigenvalue weighted by atomic mass is 9.98. The molecule has 8 heteroatoms. The number of rotatable bonds is 8. The summed E-state index contributed by atoms with van der Waals surface area (Å²) in [7, 11) is 0. The maximum absolute atomic E-state index is 13.3. The number of carbonyl (C=O) groups is 1. The molecule has 0 spiro atoms. The maximum atomic E-state index is 13.3. The Balaban J connectivity index is 1.01. The molecule has 6 rings (SSSR count). The third kappa shape index (κ3) is 6.94.